The molecule has 0 aromatic heterocycles. The van der Waals surface area contributed by atoms with Crippen LogP contribution < -0.4 is 10.6 Å². The molecule has 13 heavy (non-hydrogen) atoms. The molecule has 0 bridgehead atoms. The summed E-state index contributed by atoms with van der Waals surface area (Å²) in [5, 5.41) is 14.1. The minimum Gasteiger partial charge on any atom is -0.354 e. The second kappa shape index (κ2) is 6.44. The number of nitrogens with one attached hydrogen (secondary N) is 2. The summed E-state index contributed by atoms with van der Waals surface area (Å²) >= 11 is 0. The number of amides is 1. The first kappa shape index (κ1) is 11.9. The third kappa shape index (κ3) is 7.29. The summed E-state index contributed by atoms with van der Waals surface area (Å²) in [7, 11) is 0. The average Bonchev–Trinajstić information content (AvgIpc) is 2.02. The molecule has 4 nitrogen and oxygen atoms in total. The Labute approximate surface area is 79.3 Å². The molecular formula is C9H17N3O. The van der Waals surface area contributed by atoms with Crippen LogP contribution in [-0.4, -0.2) is 24.5 Å². The van der Waals surface area contributed by atoms with E-state index >= 15 is 0 Å². The summed E-state index contributed by atoms with van der Waals surface area (Å²) in [6.07, 6.45) is 0.421. The maximum atomic E-state index is 11.1. The molecule has 4 heteroatoms. The molecule has 1 atom stereocenters. The molecule has 0 aromatic rings. The van der Waals surface area contributed by atoms with Crippen molar-refractivity contribution in [3.63, 3.8) is 0 Å². The van der Waals surface area contributed by atoms with Crippen molar-refractivity contribution in [1.82, 2.24) is 10.6 Å². The van der Waals surface area contributed by atoms with Crippen molar-refractivity contribution in [1.29, 1.82) is 5.26 Å². The highest BCUT2D eigenvalue weighted by Crippen LogP contribution is 1.83. The van der Waals surface area contributed by atoms with Gasteiger partial charge in [0.1, 0.15) is 0 Å². The van der Waals surface area contributed by atoms with Gasteiger partial charge in [-0.25, -0.2) is 0 Å². The van der Waals surface area contributed by atoms with Crippen molar-refractivity contribution in [3.8, 4) is 6.07 Å². The molecule has 0 heterocycles. The number of carbonyl (C=O) groups is 1. The van der Waals surface area contributed by atoms with Crippen LogP contribution in [0.5, 0.6) is 0 Å². The van der Waals surface area contributed by atoms with Crippen LogP contribution >= 0.6 is 0 Å². The van der Waals surface area contributed by atoms with Gasteiger partial charge in [-0.15, -0.1) is 0 Å². The molecule has 1 amide bonds. The van der Waals surface area contributed by atoms with E-state index in [1.807, 2.05) is 19.9 Å². The normalized spacial score (nSPS) is 12.2. The maximum Gasteiger partial charge on any atom is 0.221 e. The van der Waals surface area contributed by atoms with E-state index in [1.54, 1.807) is 6.92 Å². The zero-order valence-electron chi connectivity index (χ0n) is 8.42. The second-order valence-electron chi connectivity index (χ2n) is 3.28. The number of nitriles is 1. The lowest BCUT2D eigenvalue weighted by molar-refractivity contribution is -0.121. The fraction of sp³-hybridized carbons (Fsp3) is 0.778. The summed E-state index contributed by atoms with van der Waals surface area (Å²) < 4.78 is 0. The first-order valence-corrected chi connectivity index (χ1v) is 4.48. The highest BCUT2D eigenvalue weighted by molar-refractivity contribution is 5.76. The van der Waals surface area contributed by atoms with E-state index in [-0.39, 0.29) is 18.0 Å². The van der Waals surface area contributed by atoms with Gasteiger partial charge in [0.05, 0.1) is 12.1 Å². The number of hydrogen-bond donors (Lipinski definition) is 2. The van der Waals surface area contributed by atoms with Crippen LogP contribution in [-0.2, 0) is 4.79 Å². The van der Waals surface area contributed by atoms with Crippen molar-refractivity contribution in [3.05, 3.63) is 0 Å². The molecule has 0 saturated heterocycles. The molecule has 0 fully saturated rings. The van der Waals surface area contributed by atoms with E-state index in [2.05, 4.69) is 10.6 Å². The Hall–Kier alpha value is -1.08. The Morgan fingerprint density at radius 2 is 2.08 bits per heavy atom. The van der Waals surface area contributed by atoms with Crippen LogP contribution in [0, 0.1) is 11.3 Å². The first-order valence-electron chi connectivity index (χ1n) is 4.48. The van der Waals surface area contributed by atoms with Gasteiger partial charge in [-0.1, -0.05) is 0 Å². The molecule has 0 rings (SSSR count). The molecule has 1 unspecified atom stereocenters. The summed E-state index contributed by atoms with van der Waals surface area (Å²) in [5.41, 5.74) is 0. The topological polar surface area (TPSA) is 64.9 Å². The van der Waals surface area contributed by atoms with Crippen molar-refractivity contribution < 1.29 is 4.79 Å². The minimum absolute atomic E-state index is 0.0210. The second-order valence-corrected chi connectivity index (χ2v) is 3.28. The zero-order valence-corrected chi connectivity index (χ0v) is 8.42. The number of hydrogen-bond acceptors (Lipinski definition) is 3. The largest absolute Gasteiger partial charge is 0.354 e. The van der Waals surface area contributed by atoms with Crippen molar-refractivity contribution >= 4 is 5.91 Å². The van der Waals surface area contributed by atoms with Gasteiger partial charge >= 0.3 is 0 Å². The average molecular weight is 183 g/mol. The summed E-state index contributed by atoms with van der Waals surface area (Å²) in [5.74, 6) is 0.0210. The summed E-state index contributed by atoms with van der Waals surface area (Å²) in [4.78, 5) is 11.1. The predicted molar refractivity (Wildman–Crippen MR) is 51.0 cm³/mol. The predicted octanol–water partition coefficient (Wildman–Crippen LogP) is 0.403. The van der Waals surface area contributed by atoms with E-state index in [9.17, 15) is 4.79 Å². The highest BCUT2D eigenvalue weighted by atomic mass is 16.1. The standard InChI is InChI=1S/C9H17N3O/c1-7(2)12-9(13)4-5-11-8(3)6-10/h7-8,11H,4-5H2,1-3H3,(H,12,13). The van der Waals surface area contributed by atoms with Crippen LogP contribution in [0.15, 0.2) is 0 Å². The molecule has 0 radical (unpaired) electrons. The lowest BCUT2D eigenvalue weighted by Crippen LogP contribution is -2.34. The Balaban J connectivity index is 3.44. The fourth-order valence-electron chi connectivity index (χ4n) is 0.842. The summed E-state index contributed by atoms with van der Waals surface area (Å²) in [6.45, 7) is 6.15. The van der Waals surface area contributed by atoms with Crippen molar-refractivity contribution in [2.75, 3.05) is 6.54 Å². The molecule has 0 aliphatic heterocycles. The Kier molecular flexibility index (Phi) is 5.90. The van der Waals surface area contributed by atoms with Crippen molar-refractivity contribution in [2.24, 2.45) is 0 Å². The van der Waals surface area contributed by atoms with Crippen LogP contribution in [0.3, 0.4) is 0 Å². The van der Waals surface area contributed by atoms with E-state index in [0.29, 0.717) is 13.0 Å². The highest BCUT2D eigenvalue weighted by Gasteiger charge is 2.03. The van der Waals surface area contributed by atoms with Crippen LogP contribution in [0.25, 0.3) is 0 Å². The maximum absolute atomic E-state index is 11.1. The Bertz CT molecular complexity index is 196. The molecule has 74 valence electrons. The van der Waals surface area contributed by atoms with Crippen LogP contribution in [0.2, 0.25) is 0 Å². The van der Waals surface area contributed by atoms with Gasteiger partial charge in [0.15, 0.2) is 0 Å². The van der Waals surface area contributed by atoms with Gasteiger partial charge in [-0.3, -0.25) is 4.79 Å². The van der Waals surface area contributed by atoms with Gasteiger partial charge in [0.2, 0.25) is 5.91 Å². The monoisotopic (exact) mass is 183 g/mol. The lowest BCUT2D eigenvalue weighted by Gasteiger charge is -2.09. The Morgan fingerprint density at radius 3 is 2.54 bits per heavy atom. The van der Waals surface area contributed by atoms with Crippen molar-refractivity contribution in [2.45, 2.75) is 39.3 Å². The molecule has 0 saturated carbocycles. The molecule has 0 aliphatic carbocycles. The van der Waals surface area contributed by atoms with Crippen LogP contribution in [0.4, 0.5) is 0 Å². The molecule has 0 spiro atoms. The quantitative estimate of drug-likeness (QED) is 0.648. The van der Waals surface area contributed by atoms with E-state index < -0.39 is 0 Å². The lowest BCUT2D eigenvalue weighted by atomic mass is 10.3. The van der Waals surface area contributed by atoms with E-state index in [4.69, 9.17) is 5.26 Å². The van der Waals surface area contributed by atoms with E-state index in [0.717, 1.165) is 0 Å². The minimum atomic E-state index is -0.188. The molecule has 0 aromatic carbocycles. The summed E-state index contributed by atoms with van der Waals surface area (Å²) in [6, 6.07) is 2.03. The van der Waals surface area contributed by atoms with Gasteiger partial charge in [-0.05, 0) is 20.8 Å². The third-order valence-electron chi connectivity index (χ3n) is 1.45. The smallest absolute Gasteiger partial charge is 0.221 e. The number of carbonyl (C=O) groups excluding carboxylic acids is 1. The SMILES string of the molecule is CC(C)NC(=O)CCNC(C)C#N. The first-order chi connectivity index (χ1) is 6.06. The molecule has 2 N–H and O–H groups in total. The fourth-order valence-corrected chi connectivity index (χ4v) is 0.842. The number of rotatable bonds is 5. The van der Waals surface area contributed by atoms with Gasteiger partial charge in [0.25, 0.3) is 0 Å². The van der Waals surface area contributed by atoms with Gasteiger partial charge in [-0.2, -0.15) is 5.26 Å². The number of nitrogens with zero attached hydrogens (tertiary/aromatic N) is 1. The van der Waals surface area contributed by atoms with Gasteiger partial charge in [0, 0.05) is 19.0 Å². The van der Waals surface area contributed by atoms with E-state index in [1.165, 1.54) is 0 Å². The molecule has 0 aliphatic rings. The van der Waals surface area contributed by atoms with Gasteiger partial charge < -0.3 is 10.6 Å². The third-order valence-corrected chi connectivity index (χ3v) is 1.45. The molecular weight excluding hydrogens is 166 g/mol. The Morgan fingerprint density at radius 1 is 1.46 bits per heavy atom. The zero-order chi connectivity index (χ0) is 10.3. The van der Waals surface area contributed by atoms with Crippen LogP contribution in [0.1, 0.15) is 27.2 Å².